The Bertz CT molecular complexity index is 1160. The molecule has 7 heteroatoms. The molecular formula is C30H38F2N2O3. The maximum absolute atomic E-state index is 12.9. The number of fused-ring (bicyclic) bond motifs is 1. The van der Waals surface area contributed by atoms with E-state index >= 15 is 0 Å². The molecule has 3 heterocycles. The summed E-state index contributed by atoms with van der Waals surface area (Å²) < 4.78 is 38.5. The molecule has 37 heavy (non-hydrogen) atoms. The largest absolute Gasteiger partial charge is 0.374 e. The van der Waals surface area contributed by atoms with Crippen LogP contribution in [0, 0.1) is 5.92 Å². The van der Waals surface area contributed by atoms with E-state index in [1.807, 2.05) is 0 Å². The fourth-order valence-corrected chi connectivity index (χ4v) is 5.04. The molecule has 3 aliphatic rings. The molecule has 0 unspecified atom stereocenters. The second-order valence-corrected chi connectivity index (χ2v) is 11.0. The minimum atomic E-state index is -2.93. The van der Waals surface area contributed by atoms with E-state index in [4.69, 9.17) is 9.47 Å². The first-order chi connectivity index (χ1) is 17.6. The molecule has 2 aromatic rings. The highest BCUT2D eigenvalue weighted by molar-refractivity contribution is 5.38. The van der Waals surface area contributed by atoms with Crippen LogP contribution in [0.25, 0.3) is 0 Å². The molecule has 200 valence electrons. The van der Waals surface area contributed by atoms with Crippen molar-refractivity contribution >= 4 is 0 Å². The molecule has 0 spiro atoms. The van der Waals surface area contributed by atoms with Gasteiger partial charge in [-0.15, -0.1) is 0 Å². The van der Waals surface area contributed by atoms with Crippen molar-refractivity contribution in [3.63, 3.8) is 0 Å². The number of pyridine rings is 1. The van der Waals surface area contributed by atoms with E-state index < -0.39 is 11.5 Å². The molecule has 1 N–H and O–H groups in total. The molecule has 1 aliphatic carbocycles. The summed E-state index contributed by atoms with van der Waals surface area (Å²) in [5, 5.41) is 0. The van der Waals surface area contributed by atoms with Crippen LogP contribution in [0.5, 0.6) is 0 Å². The number of halogens is 2. The van der Waals surface area contributed by atoms with Crippen molar-refractivity contribution in [3.8, 4) is 0 Å². The van der Waals surface area contributed by atoms with Gasteiger partial charge < -0.3 is 14.5 Å². The van der Waals surface area contributed by atoms with Gasteiger partial charge in [-0.2, -0.15) is 8.78 Å². The molecule has 5 nitrogen and oxygen atoms in total. The monoisotopic (exact) mass is 512 g/mol. The number of hydrogen-bond donors (Lipinski definition) is 1. The molecule has 0 radical (unpaired) electrons. The normalized spacial score (nSPS) is 23.5. The molecule has 1 fully saturated rings. The summed E-state index contributed by atoms with van der Waals surface area (Å²) in [6.45, 7) is 11.6. The standard InChI is InChI=1S/C22H29NO2.C8H9F2NO/c1-22(2,3)25-21-19(16-9-6-10-16)11-12-24-20(21)15-23-13-17-7-4-5-8-18(17)14-23;1-2-8(9,10)6-4-3-5-7(12)11-6/h4-10,19-21H,11-15H2,1-3H3;3-5H,2H2,1H3,(H,11,12)/t19-,20+,21+;/m0./s1. The number of benzene rings is 1. The Balaban J connectivity index is 0.000000225. The van der Waals surface area contributed by atoms with Gasteiger partial charge in [0, 0.05) is 44.6 Å². The molecule has 3 atom stereocenters. The van der Waals surface area contributed by atoms with Crippen LogP contribution in [0.4, 0.5) is 8.78 Å². The number of hydrogen-bond acceptors (Lipinski definition) is 4. The Morgan fingerprint density at radius 2 is 1.76 bits per heavy atom. The molecule has 0 amide bonds. The third kappa shape index (κ3) is 7.03. The fourth-order valence-electron chi connectivity index (χ4n) is 5.04. The van der Waals surface area contributed by atoms with Gasteiger partial charge in [0.1, 0.15) is 0 Å². The maximum Gasteiger partial charge on any atom is 0.287 e. The van der Waals surface area contributed by atoms with Gasteiger partial charge in [-0.05, 0) is 50.0 Å². The fraction of sp³-hybridized carbons (Fsp3) is 0.500. The van der Waals surface area contributed by atoms with Crippen molar-refractivity contribution in [2.24, 2.45) is 5.92 Å². The quantitative estimate of drug-likeness (QED) is 0.519. The average molecular weight is 513 g/mol. The van der Waals surface area contributed by atoms with Crippen LogP contribution >= 0.6 is 0 Å². The van der Waals surface area contributed by atoms with Crippen LogP contribution in [0.15, 0.2) is 71.1 Å². The summed E-state index contributed by atoms with van der Waals surface area (Å²) in [5.74, 6) is -2.48. The Kier molecular flexibility index (Phi) is 8.46. The highest BCUT2D eigenvalue weighted by Gasteiger charge is 2.40. The molecule has 1 aromatic carbocycles. The number of aromatic amines is 1. The predicted octanol–water partition coefficient (Wildman–Crippen LogP) is 5.96. The second-order valence-electron chi connectivity index (χ2n) is 11.0. The Morgan fingerprint density at radius 1 is 1.08 bits per heavy atom. The Morgan fingerprint density at radius 3 is 2.30 bits per heavy atom. The molecule has 0 bridgehead atoms. The van der Waals surface area contributed by atoms with Gasteiger partial charge in [-0.3, -0.25) is 9.69 Å². The van der Waals surface area contributed by atoms with Gasteiger partial charge in [-0.1, -0.05) is 55.5 Å². The van der Waals surface area contributed by atoms with Crippen molar-refractivity contribution < 1.29 is 18.3 Å². The second kappa shape index (κ2) is 11.4. The average Bonchev–Trinajstić information content (AvgIpc) is 3.22. The Hall–Kier alpha value is -2.61. The minimum Gasteiger partial charge on any atom is -0.374 e. The summed E-state index contributed by atoms with van der Waals surface area (Å²) >= 11 is 0. The van der Waals surface area contributed by atoms with Crippen LogP contribution in [0.2, 0.25) is 0 Å². The van der Waals surface area contributed by atoms with Gasteiger partial charge in [0.25, 0.3) is 5.92 Å². The summed E-state index contributed by atoms with van der Waals surface area (Å²) in [7, 11) is 0. The molecular weight excluding hydrogens is 474 g/mol. The first-order valence-electron chi connectivity index (χ1n) is 13.1. The number of nitrogens with one attached hydrogen (secondary N) is 1. The number of H-pyrrole nitrogens is 1. The number of nitrogens with zero attached hydrogens (tertiary/aromatic N) is 1. The van der Waals surface area contributed by atoms with E-state index in [0.717, 1.165) is 32.7 Å². The highest BCUT2D eigenvalue weighted by atomic mass is 19.3. The molecule has 1 aromatic heterocycles. The van der Waals surface area contributed by atoms with E-state index in [9.17, 15) is 13.6 Å². The topological polar surface area (TPSA) is 54.6 Å². The minimum absolute atomic E-state index is 0.119. The van der Waals surface area contributed by atoms with Crippen LogP contribution in [-0.4, -0.2) is 40.8 Å². The highest BCUT2D eigenvalue weighted by Crippen LogP contribution is 2.36. The predicted molar refractivity (Wildman–Crippen MR) is 141 cm³/mol. The zero-order chi connectivity index (χ0) is 26.6. The van der Waals surface area contributed by atoms with E-state index in [1.165, 1.54) is 41.8 Å². The number of aromatic nitrogens is 1. The van der Waals surface area contributed by atoms with Crippen LogP contribution < -0.4 is 5.56 Å². The third-order valence-corrected chi connectivity index (χ3v) is 6.97. The first kappa shape index (κ1) is 27.4. The first-order valence-corrected chi connectivity index (χ1v) is 13.1. The number of alkyl halides is 2. The van der Waals surface area contributed by atoms with Gasteiger partial charge in [-0.25, -0.2) is 0 Å². The van der Waals surface area contributed by atoms with Crippen molar-refractivity contribution in [1.82, 2.24) is 9.88 Å². The lowest BCUT2D eigenvalue weighted by Crippen LogP contribution is -2.51. The summed E-state index contributed by atoms with van der Waals surface area (Å²) in [4.78, 5) is 15.3. The summed E-state index contributed by atoms with van der Waals surface area (Å²) in [6.07, 6.45) is 7.58. The van der Waals surface area contributed by atoms with E-state index in [2.05, 4.69) is 73.1 Å². The van der Waals surface area contributed by atoms with Crippen LogP contribution in [0.1, 0.15) is 57.4 Å². The molecule has 2 aliphatic heterocycles. The Labute approximate surface area is 218 Å². The van der Waals surface area contributed by atoms with Crippen molar-refractivity contribution in [2.45, 2.75) is 77.4 Å². The van der Waals surface area contributed by atoms with Gasteiger partial charge in [0.05, 0.1) is 23.5 Å². The summed E-state index contributed by atoms with van der Waals surface area (Å²) in [5.41, 5.74) is 3.34. The van der Waals surface area contributed by atoms with Crippen LogP contribution in [0.3, 0.4) is 0 Å². The van der Waals surface area contributed by atoms with E-state index in [0.29, 0.717) is 5.92 Å². The van der Waals surface area contributed by atoms with E-state index in [-0.39, 0.29) is 29.9 Å². The smallest absolute Gasteiger partial charge is 0.287 e. The third-order valence-electron chi connectivity index (χ3n) is 6.97. The zero-order valence-electron chi connectivity index (χ0n) is 22.2. The lowest BCUT2D eigenvalue weighted by Gasteiger charge is -2.43. The number of rotatable bonds is 6. The van der Waals surface area contributed by atoms with Crippen LogP contribution in [-0.2, 0) is 28.5 Å². The van der Waals surface area contributed by atoms with Crippen molar-refractivity contribution in [2.75, 3.05) is 13.2 Å². The molecule has 1 saturated heterocycles. The summed E-state index contributed by atoms with van der Waals surface area (Å²) in [6, 6.07) is 12.5. The maximum atomic E-state index is 12.9. The number of ether oxygens (including phenoxy) is 2. The molecule has 0 saturated carbocycles. The van der Waals surface area contributed by atoms with Gasteiger partial charge >= 0.3 is 0 Å². The van der Waals surface area contributed by atoms with Gasteiger partial charge in [0.15, 0.2) is 0 Å². The zero-order valence-corrected chi connectivity index (χ0v) is 22.2. The number of allylic oxidation sites excluding steroid dienone is 3. The molecule has 5 rings (SSSR count). The van der Waals surface area contributed by atoms with Crippen molar-refractivity contribution in [1.29, 1.82) is 0 Å². The lowest BCUT2D eigenvalue weighted by molar-refractivity contribution is -0.175. The van der Waals surface area contributed by atoms with Gasteiger partial charge in [0.2, 0.25) is 5.56 Å². The van der Waals surface area contributed by atoms with Crippen molar-refractivity contribution in [3.05, 3.63) is 93.4 Å². The van der Waals surface area contributed by atoms with E-state index in [1.54, 1.807) is 0 Å². The lowest BCUT2D eigenvalue weighted by atomic mass is 9.82. The SMILES string of the molecule is CC(C)(C)O[C@H]1[C@@H](CN2Cc3ccccc3C2)OCC[C@H]1C1=CC=C1.CCC(F)(F)c1cccc(=O)[nH]1.